The van der Waals surface area contributed by atoms with Crippen LogP contribution in [0.3, 0.4) is 0 Å². The van der Waals surface area contributed by atoms with E-state index in [0.717, 1.165) is 21.6 Å². The van der Waals surface area contributed by atoms with Crippen LogP contribution in [0.25, 0.3) is 0 Å². The Morgan fingerprint density at radius 3 is 2.52 bits per heavy atom. The highest BCUT2D eigenvalue weighted by Gasteiger charge is 2.42. The minimum atomic E-state index is -0.502. The summed E-state index contributed by atoms with van der Waals surface area (Å²) in [6, 6.07) is 9.06. The number of ether oxygens (including phenoxy) is 1. The number of rotatable bonds is 3. The van der Waals surface area contributed by atoms with Crippen LogP contribution in [0.15, 0.2) is 46.1 Å². The number of aryl methyl sites for hydroxylation is 1. The molecule has 1 aromatic heterocycles. The average Bonchev–Trinajstić information content (AvgIpc) is 3.11. The lowest BCUT2D eigenvalue weighted by molar-refractivity contribution is -0.142. The van der Waals surface area contributed by atoms with E-state index in [9.17, 15) is 4.79 Å². The summed E-state index contributed by atoms with van der Waals surface area (Å²) in [7, 11) is 3.25. The zero-order valence-corrected chi connectivity index (χ0v) is 14.7. The fourth-order valence-electron chi connectivity index (χ4n) is 2.70. The molecule has 3 rings (SSSR count). The van der Waals surface area contributed by atoms with Gasteiger partial charge in [-0.2, -0.15) is 10.2 Å². The van der Waals surface area contributed by atoms with E-state index >= 15 is 0 Å². The van der Waals surface area contributed by atoms with Crippen LogP contribution in [0, 0.1) is 5.92 Å². The number of carbonyl (C=O) groups excluding carboxylic acids is 1. The van der Waals surface area contributed by atoms with Crippen LogP contribution in [-0.2, 0) is 16.6 Å². The molecule has 2 aromatic rings. The second-order valence-corrected chi connectivity index (χ2v) is 6.35. The van der Waals surface area contributed by atoms with Crippen LogP contribution in [0.2, 0.25) is 0 Å². The fourth-order valence-corrected chi connectivity index (χ4v) is 2.97. The Balaban J connectivity index is 2.03. The van der Waals surface area contributed by atoms with Gasteiger partial charge in [0.15, 0.2) is 6.04 Å². The summed E-state index contributed by atoms with van der Waals surface area (Å²) in [6.07, 6.45) is 1.86. The number of benzene rings is 1. The van der Waals surface area contributed by atoms with E-state index in [-0.39, 0.29) is 11.9 Å². The Bertz CT molecular complexity index is 754. The van der Waals surface area contributed by atoms with E-state index in [1.54, 1.807) is 9.69 Å². The lowest BCUT2D eigenvalue weighted by Crippen LogP contribution is -2.40. The second-order valence-electron chi connectivity index (χ2n) is 5.44. The predicted molar refractivity (Wildman–Crippen MR) is 91.3 cm³/mol. The van der Waals surface area contributed by atoms with Crippen LogP contribution in [-0.4, -0.2) is 34.6 Å². The van der Waals surface area contributed by atoms with E-state index in [4.69, 9.17) is 4.74 Å². The molecule has 0 amide bonds. The zero-order valence-electron chi connectivity index (χ0n) is 13.1. The molecule has 7 heteroatoms. The quantitative estimate of drug-likeness (QED) is 0.772. The van der Waals surface area contributed by atoms with Crippen molar-refractivity contribution >= 4 is 33.3 Å². The summed E-state index contributed by atoms with van der Waals surface area (Å²) in [4.78, 5) is 12.3. The monoisotopic (exact) mass is 376 g/mol. The molecule has 0 bridgehead atoms. The molecule has 23 heavy (non-hydrogen) atoms. The number of esters is 1. The Kier molecular flexibility index (Phi) is 4.21. The van der Waals surface area contributed by atoms with Crippen molar-refractivity contribution in [1.29, 1.82) is 0 Å². The first-order chi connectivity index (χ1) is 11.0. The van der Waals surface area contributed by atoms with Crippen LogP contribution in [0.5, 0.6) is 0 Å². The number of nitrogens with zero attached hydrogens (tertiary/aromatic N) is 4. The number of carbonyl (C=O) groups is 1. The number of hydrogen-bond acceptors (Lipinski definition) is 5. The van der Waals surface area contributed by atoms with Gasteiger partial charge >= 0.3 is 5.97 Å². The number of aromatic nitrogens is 2. The van der Waals surface area contributed by atoms with Gasteiger partial charge in [-0.25, -0.2) is 4.79 Å². The maximum Gasteiger partial charge on any atom is 0.331 e. The molecule has 0 saturated carbocycles. The topological polar surface area (TPSA) is 59.7 Å². The van der Waals surface area contributed by atoms with Crippen LogP contribution in [0.1, 0.15) is 12.6 Å². The van der Waals surface area contributed by atoms with Crippen LogP contribution in [0.4, 0.5) is 5.69 Å². The molecule has 0 spiro atoms. The van der Waals surface area contributed by atoms with Gasteiger partial charge in [0, 0.05) is 23.6 Å². The van der Waals surface area contributed by atoms with Crippen LogP contribution < -0.4 is 5.01 Å². The lowest BCUT2D eigenvalue weighted by atomic mass is 9.95. The molecule has 2 heterocycles. The molecule has 2 atom stereocenters. The maximum absolute atomic E-state index is 12.3. The third-order valence-corrected chi connectivity index (χ3v) is 4.42. The summed E-state index contributed by atoms with van der Waals surface area (Å²) in [6.45, 7) is 1.97. The molecule has 0 fully saturated rings. The van der Waals surface area contributed by atoms with E-state index in [1.807, 2.05) is 50.5 Å². The van der Waals surface area contributed by atoms with Gasteiger partial charge in [-0.3, -0.25) is 9.69 Å². The van der Waals surface area contributed by atoms with Gasteiger partial charge in [0.2, 0.25) is 0 Å². The van der Waals surface area contributed by atoms with E-state index < -0.39 is 6.04 Å². The highest BCUT2D eigenvalue weighted by molar-refractivity contribution is 9.10. The zero-order chi connectivity index (χ0) is 16.6. The number of hydrogen-bond donors (Lipinski definition) is 0. The van der Waals surface area contributed by atoms with Gasteiger partial charge < -0.3 is 4.74 Å². The molecule has 1 aromatic carbocycles. The molecule has 0 radical (unpaired) electrons. The Hall–Kier alpha value is -2.15. The summed E-state index contributed by atoms with van der Waals surface area (Å²) >= 11 is 3.42. The van der Waals surface area contributed by atoms with Crippen LogP contribution >= 0.6 is 15.9 Å². The standard InChI is InChI=1S/C16H17BrN4O2/c1-10-14(13-8-9-20(2)18-13)19-21(15(10)16(22)23-3)12-6-4-11(17)5-7-12/h4-10,15H,1-3H3. The van der Waals surface area contributed by atoms with Gasteiger partial charge in [0.25, 0.3) is 0 Å². The molecule has 0 N–H and O–H groups in total. The first kappa shape index (κ1) is 15.7. The van der Waals surface area contributed by atoms with Crippen molar-refractivity contribution in [3.63, 3.8) is 0 Å². The van der Waals surface area contributed by atoms with E-state index in [0.29, 0.717) is 0 Å². The first-order valence-electron chi connectivity index (χ1n) is 7.22. The molecule has 1 aliphatic heterocycles. The maximum atomic E-state index is 12.3. The van der Waals surface area contributed by atoms with Gasteiger partial charge in [0.05, 0.1) is 18.5 Å². The molecule has 120 valence electrons. The normalized spacial score (nSPS) is 20.5. The molecular formula is C16H17BrN4O2. The van der Waals surface area contributed by atoms with Crippen molar-refractivity contribution in [3.8, 4) is 0 Å². The van der Waals surface area contributed by atoms with Gasteiger partial charge in [-0.05, 0) is 30.3 Å². The van der Waals surface area contributed by atoms with Crippen molar-refractivity contribution in [3.05, 3.63) is 46.7 Å². The number of methoxy groups -OCH3 is 1. The van der Waals surface area contributed by atoms with E-state index in [2.05, 4.69) is 26.1 Å². The first-order valence-corrected chi connectivity index (χ1v) is 8.01. The smallest absolute Gasteiger partial charge is 0.331 e. The third-order valence-electron chi connectivity index (χ3n) is 3.89. The van der Waals surface area contributed by atoms with E-state index in [1.165, 1.54) is 7.11 Å². The van der Waals surface area contributed by atoms with Gasteiger partial charge in [0.1, 0.15) is 5.69 Å². The fraction of sp³-hybridized carbons (Fsp3) is 0.312. The molecule has 0 saturated heterocycles. The summed E-state index contributed by atoms with van der Waals surface area (Å²) in [5.74, 6) is -0.434. The average molecular weight is 377 g/mol. The van der Waals surface area contributed by atoms with Gasteiger partial charge in [-0.1, -0.05) is 22.9 Å². The predicted octanol–water partition coefficient (Wildman–Crippen LogP) is 2.58. The number of halogens is 1. The Morgan fingerprint density at radius 2 is 1.96 bits per heavy atom. The number of anilines is 1. The Morgan fingerprint density at radius 1 is 1.26 bits per heavy atom. The van der Waals surface area contributed by atoms with Crippen molar-refractivity contribution in [2.45, 2.75) is 13.0 Å². The summed E-state index contributed by atoms with van der Waals surface area (Å²) in [5.41, 5.74) is 2.39. The van der Waals surface area contributed by atoms with Gasteiger partial charge in [-0.15, -0.1) is 0 Å². The second kappa shape index (κ2) is 6.16. The summed E-state index contributed by atoms with van der Waals surface area (Å²) in [5, 5.41) is 10.8. The Labute approximate surface area is 142 Å². The minimum absolute atomic E-state index is 0.124. The molecule has 1 aliphatic rings. The molecular weight excluding hydrogens is 360 g/mol. The van der Waals surface area contributed by atoms with Crippen molar-refractivity contribution < 1.29 is 9.53 Å². The SMILES string of the molecule is COC(=O)C1C(C)C(c2ccn(C)n2)=NN1c1ccc(Br)cc1. The van der Waals surface area contributed by atoms with Crippen molar-refractivity contribution in [2.75, 3.05) is 12.1 Å². The van der Waals surface area contributed by atoms with Crippen molar-refractivity contribution in [2.24, 2.45) is 18.1 Å². The highest BCUT2D eigenvalue weighted by Crippen LogP contribution is 2.31. The van der Waals surface area contributed by atoms with Crippen molar-refractivity contribution in [1.82, 2.24) is 9.78 Å². The highest BCUT2D eigenvalue weighted by atomic mass is 79.9. The lowest BCUT2D eigenvalue weighted by Gasteiger charge is -2.24. The minimum Gasteiger partial charge on any atom is -0.467 e. The summed E-state index contributed by atoms with van der Waals surface area (Å²) < 4.78 is 7.67. The number of hydrazone groups is 1. The molecule has 0 aliphatic carbocycles. The third kappa shape index (κ3) is 2.88. The molecule has 2 unspecified atom stereocenters. The largest absolute Gasteiger partial charge is 0.467 e. The molecule has 6 nitrogen and oxygen atoms in total.